The zero-order chi connectivity index (χ0) is 20.1. The molecule has 1 aromatic heterocycles. The third kappa shape index (κ3) is 5.19. The lowest BCUT2D eigenvalue weighted by molar-refractivity contribution is -0.274. The topological polar surface area (TPSA) is 73.2 Å². The number of nitrogens with zero attached hydrogens (tertiary/aromatic N) is 2. The number of hydrogen-bond acceptors (Lipinski definition) is 4. The van der Waals surface area contributed by atoms with E-state index < -0.39 is 23.6 Å². The van der Waals surface area contributed by atoms with E-state index in [2.05, 4.69) is 15.2 Å². The first-order chi connectivity index (χ1) is 13.3. The maximum Gasteiger partial charge on any atom is 0.573 e. The molecule has 1 heterocycles. The number of halogens is 3. The summed E-state index contributed by atoms with van der Waals surface area (Å²) in [5.74, 6) is -0.955. The van der Waals surface area contributed by atoms with Gasteiger partial charge in [0.15, 0.2) is 0 Å². The fourth-order valence-electron chi connectivity index (χ4n) is 2.40. The highest BCUT2D eigenvalue weighted by Crippen LogP contribution is 2.24. The Morgan fingerprint density at radius 3 is 2.32 bits per heavy atom. The normalized spacial score (nSPS) is 11.1. The highest BCUT2D eigenvalue weighted by atomic mass is 19.4. The van der Waals surface area contributed by atoms with Crippen LogP contribution in [0, 0.1) is 0 Å². The van der Waals surface area contributed by atoms with Gasteiger partial charge in [-0.1, -0.05) is 30.3 Å². The maximum atomic E-state index is 12.2. The van der Waals surface area contributed by atoms with Gasteiger partial charge in [0.25, 0.3) is 5.56 Å². The average molecular weight is 389 g/mol. The number of carbonyl (C=O) groups excluding carboxylic acids is 1. The molecule has 0 aliphatic rings. The summed E-state index contributed by atoms with van der Waals surface area (Å²) >= 11 is 0. The molecule has 0 unspecified atom stereocenters. The van der Waals surface area contributed by atoms with E-state index >= 15 is 0 Å². The molecule has 0 saturated heterocycles. The van der Waals surface area contributed by atoms with Crippen LogP contribution in [0.3, 0.4) is 0 Å². The van der Waals surface area contributed by atoms with Crippen LogP contribution in [0.4, 0.5) is 18.9 Å². The van der Waals surface area contributed by atoms with Crippen molar-refractivity contribution in [2.45, 2.75) is 12.9 Å². The SMILES string of the molecule is O=C(Cn1nc(-c2ccccc2)ccc1=O)Nc1ccc(OC(F)(F)F)cc1. The highest BCUT2D eigenvalue weighted by molar-refractivity contribution is 5.90. The van der Waals surface area contributed by atoms with E-state index in [4.69, 9.17) is 0 Å². The Bertz CT molecular complexity index is 1020. The molecule has 0 aliphatic carbocycles. The molecule has 6 nitrogen and oxygen atoms in total. The van der Waals surface area contributed by atoms with Crippen molar-refractivity contribution >= 4 is 11.6 Å². The minimum absolute atomic E-state index is 0.256. The molecule has 3 aromatic rings. The molecule has 144 valence electrons. The Kier molecular flexibility index (Phi) is 5.44. The zero-order valence-electron chi connectivity index (χ0n) is 14.3. The third-order valence-electron chi connectivity index (χ3n) is 3.60. The van der Waals surface area contributed by atoms with Gasteiger partial charge in [-0.25, -0.2) is 4.68 Å². The standard InChI is InChI=1S/C19H14F3N3O3/c20-19(21,22)28-15-8-6-14(7-9-15)23-17(26)12-25-18(27)11-10-16(24-25)13-4-2-1-3-5-13/h1-11H,12H2,(H,23,26). The van der Waals surface area contributed by atoms with E-state index in [-0.39, 0.29) is 12.2 Å². The molecule has 28 heavy (non-hydrogen) atoms. The fraction of sp³-hybridized carbons (Fsp3) is 0.105. The summed E-state index contributed by atoms with van der Waals surface area (Å²) in [6.45, 7) is -0.347. The molecular formula is C19H14F3N3O3. The van der Waals surface area contributed by atoms with E-state index in [1.54, 1.807) is 6.07 Å². The van der Waals surface area contributed by atoms with Gasteiger partial charge < -0.3 is 10.1 Å². The van der Waals surface area contributed by atoms with Crippen LogP contribution in [0.25, 0.3) is 11.3 Å². The van der Waals surface area contributed by atoms with E-state index in [0.717, 1.165) is 22.4 Å². The predicted molar refractivity (Wildman–Crippen MR) is 95.7 cm³/mol. The van der Waals surface area contributed by atoms with Gasteiger partial charge in [-0.05, 0) is 30.3 Å². The van der Waals surface area contributed by atoms with E-state index in [1.165, 1.54) is 18.2 Å². The molecule has 0 spiro atoms. The number of nitrogens with one attached hydrogen (secondary N) is 1. The number of hydrogen-bond donors (Lipinski definition) is 1. The number of rotatable bonds is 5. The second kappa shape index (κ2) is 7.95. The van der Waals surface area contributed by atoms with Crippen molar-refractivity contribution in [1.29, 1.82) is 0 Å². The van der Waals surface area contributed by atoms with Gasteiger partial charge >= 0.3 is 6.36 Å². The third-order valence-corrected chi connectivity index (χ3v) is 3.60. The highest BCUT2D eigenvalue weighted by Gasteiger charge is 2.30. The minimum Gasteiger partial charge on any atom is -0.406 e. The molecule has 1 amide bonds. The number of amides is 1. The van der Waals surface area contributed by atoms with Crippen LogP contribution in [0.15, 0.2) is 71.5 Å². The molecule has 0 bridgehead atoms. The van der Waals surface area contributed by atoms with Gasteiger partial charge in [0.1, 0.15) is 12.3 Å². The Balaban J connectivity index is 1.69. The lowest BCUT2D eigenvalue weighted by atomic mass is 10.1. The molecular weight excluding hydrogens is 375 g/mol. The minimum atomic E-state index is -4.79. The molecule has 0 aliphatic heterocycles. The van der Waals surface area contributed by atoms with Gasteiger partial charge in [-0.15, -0.1) is 13.2 Å². The number of alkyl halides is 3. The smallest absolute Gasteiger partial charge is 0.406 e. The predicted octanol–water partition coefficient (Wildman–Crippen LogP) is 3.45. The summed E-state index contributed by atoms with van der Waals surface area (Å²) < 4.78 is 41.2. The summed E-state index contributed by atoms with van der Waals surface area (Å²) in [6.07, 6.45) is -4.79. The largest absolute Gasteiger partial charge is 0.573 e. The molecule has 0 fully saturated rings. The summed E-state index contributed by atoms with van der Waals surface area (Å²) in [5.41, 5.74) is 1.12. The molecule has 1 N–H and O–H groups in total. The monoisotopic (exact) mass is 389 g/mol. The van der Waals surface area contributed by atoms with E-state index in [1.807, 2.05) is 30.3 Å². The second-order valence-corrected chi connectivity index (χ2v) is 5.70. The molecule has 2 aromatic carbocycles. The quantitative estimate of drug-likeness (QED) is 0.726. The summed E-state index contributed by atoms with van der Waals surface area (Å²) in [6, 6.07) is 16.7. The molecule has 0 saturated carbocycles. The summed E-state index contributed by atoms with van der Waals surface area (Å²) in [7, 11) is 0. The van der Waals surface area contributed by atoms with Gasteiger partial charge in [-0.2, -0.15) is 5.10 Å². The molecule has 0 atom stereocenters. The fourth-order valence-corrected chi connectivity index (χ4v) is 2.40. The average Bonchev–Trinajstić information content (AvgIpc) is 2.65. The Morgan fingerprint density at radius 2 is 1.68 bits per heavy atom. The van der Waals surface area contributed by atoms with Gasteiger partial charge in [0.05, 0.1) is 5.69 Å². The number of ether oxygens (including phenoxy) is 1. The van der Waals surface area contributed by atoms with Crippen LogP contribution in [0.1, 0.15) is 0 Å². The lowest BCUT2D eigenvalue weighted by Crippen LogP contribution is -2.29. The van der Waals surface area contributed by atoms with Crippen molar-refractivity contribution in [3.05, 3.63) is 77.1 Å². The maximum absolute atomic E-state index is 12.2. The van der Waals surface area contributed by atoms with E-state index in [9.17, 15) is 22.8 Å². The first kappa shape index (κ1) is 19.2. The Labute approximate surface area is 157 Å². The second-order valence-electron chi connectivity index (χ2n) is 5.70. The lowest BCUT2D eigenvalue weighted by Gasteiger charge is -2.10. The van der Waals surface area contributed by atoms with Crippen molar-refractivity contribution in [2.24, 2.45) is 0 Å². The molecule has 0 radical (unpaired) electrons. The zero-order valence-corrected chi connectivity index (χ0v) is 14.3. The van der Waals surface area contributed by atoms with Crippen molar-refractivity contribution in [1.82, 2.24) is 9.78 Å². The number of benzene rings is 2. The Morgan fingerprint density at radius 1 is 1.00 bits per heavy atom. The van der Waals surface area contributed by atoms with Gasteiger partial charge in [0.2, 0.25) is 5.91 Å². The van der Waals surface area contributed by atoms with Crippen molar-refractivity contribution in [2.75, 3.05) is 5.32 Å². The number of anilines is 1. The van der Waals surface area contributed by atoms with Crippen LogP contribution in [-0.4, -0.2) is 22.1 Å². The van der Waals surface area contributed by atoms with Crippen molar-refractivity contribution < 1.29 is 22.7 Å². The van der Waals surface area contributed by atoms with E-state index in [0.29, 0.717) is 5.69 Å². The van der Waals surface area contributed by atoms with Gasteiger partial charge in [0, 0.05) is 17.3 Å². The molecule has 9 heteroatoms. The van der Waals surface area contributed by atoms with Crippen LogP contribution in [0.5, 0.6) is 5.75 Å². The Hall–Kier alpha value is -3.62. The first-order valence-corrected chi connectivity index (χ1v) is 8.09. The van der Waals surface area contributed by atoms with Crippen LogP contribution < -0.4 is 15.6 Å². The van der Waals surface area contributed by atoms with Crippen molar-refractivity contribution in [3.8, 4) is 17.0 Å². The number of aromatic nitrogens is 2. The summed E-state index contributed by atoms with van der Waals surface area (Å²) in [5, 5.41) is 6.67. The molecule has 3 rings (SSSR count). The van der Waals surface area contributed by atoms with Crippen LogP contribution in [-0.2, 0) is 11.3 Å². The summed E-state index contributed by atoms with van der Waals surface area (Å²) in [4.78, 5) is 24.1. The number of carbonyl (C=O) groups is 1. The van der Waals surface area contributed by atoms with Gasteiger partial charge in [-0.3, -0.25) is 9.59 Å². The van der Waals surface area contributed by atoms with Crippen LogP contribution in [0.2, 0.25) is 0 Å². The first-order valence-electron chi connectivity index (χ1n) is 8.09. The van der Waals surface area contributed by atoms with Crippen molar-refractivity contribution in [3.63, 3.8) is 0 Å². The van der Waals surface area contributed by atoms with Crippen LogP contribution >= 0.6 is 0 Å².